The van der Waals surface area contributed by atoms with Gasteiger partial charge in [-0.1, -0.05) is 43.8 Å². The molecule has 0 bridgehead atoms. The molecule has 1 aromatic rings. The molecule has 23 heavy (non-hydrogen) atoms. The number of hydrogen-bond donors (Lipinski definition) is 1. The molecule has 0 saturated heterocycles. The summed E-state index contributed by atoms with van der Waals surface area (Å²) < 4.78 is 0. The van der Waals surface area contributed by atoms with E-state index >= 15 is 0 Å². The van der Waals surface area contributed by atoms with Crippen LogP contribution in [0.3, 0.4) is 0 Å². The van der Waals surface area contributed by atoms with Crippen LogP contribution in [0.5, 0.6) is 0 Å². The van der Waals surface area contributed by atoms with Gasteiger partial charge >= 0.3 is 0 Å². The zero-order valence-corrected chi connectivity index (χ0v) is 14.9. The van der Waals surface area contributed by atoms with Crippen LogP contribution in [0.2, 0.25) is 6.32 Å². The van der Waals surface area contributed by atoms with E-state index in [9.17, 15) is 0 Å². The topological polar surface area (TPSA) is 30.9 Å². The lowest BCUT2D eigenvalue weighted by molar-refractivity contribution is 0.522. The summed E-state index contributed by atoms with van der Waals surface area (Å²) in [4.78, 5) is 2.10. The van der Waals surface area contributed by atoms with Gasteiger partial charge in [-0.05, 0) is 18.6 Å². The number of hydrazone groups is 1. The molecule has 1 aromatic carbocycles. The lowest BCUT2D eigenvalue weighted by Crippen LogP contribution is -2.17. The summed E-state index contributed by atoms with van der Waals surface area (Å²) >= 11 is 0. The molecule has 1 N–H and O–H groups in total. The van der Waals surface area contributed by atoms with Crippen molar-refractivity contribution in [3.05, 3.63) is 42.7 Å². The number of unbranched alkanes of at least 4 members (excludes halogenated alkanes) is 3. The Morgan fingerprint density at radius 2 is 1.83 bits per heavy atom. The minimum Gasteiger partial charge on any atom is -0.390 e. The number of rotatable bonds is 12. The highest BCUT2D eigenvalue weighted by Gasteiger charge is 1.95. The number of nitrogens with zero attached hydrogens (tertiary/aromatic N) is 3. The molecular formula is C18H31BN4. The summed E-state index contributed by atoms with van der Waals surface area (Å²) in [5, 5.41) is 9.66. The third kappa shape index (κ3) is 9.66. The molecule has 126 valence electrons. The predicted octanol–water partition coefficient (Wildman–Crippen LogP) is 2.71. The second-order valence-electron chi connectivity index (χ2n) is 5.78. The van der Waals surface area contributed by atoms with Crippen LogP contribution in [-0.4, -0.2) is 46.1 Å². The van der Waals surface area contributed by atoms with Crippen molar-refractivity contribution in [2.45, 2.75) is 32.0 Å². The molecule has 0 heterocycles. The largest absolute Gasteiger partial charge is 0.390 e. The molecule has 0 atom stereocenters. The van der Waals surface area contributed by atoms with Crippen molar-refractivity contribution in [3.63, 3.8) is 0 Å². The molecule has 0 unspecified atom stereocenters. The minimum absolute atomic E-state index is 0.784. The minimum atomic E-state index is 0.784. The summed E-state index contributed by atoms with van der Waals surface area (Å²) in [6.45, 7) is 1.84. The van der Waals surface area contributed by atoms with E-state index in [0.717, 1.165) is 18.8 Å². The Hall–Kier alpha value is -1.91. The van der Waals surface area contributed by atoms with E-state index in [1.165, 1.54) is 32.0 Å². The molecule has 0 spiro atoms. The predicted molar refractivity (Wildman–Crippen MR) is 105 cm³/mol. The summed E-state index contributed by atoms with van der Waals surface area (Å²) in [6.07, 6.45) is 12.6. The number of anilines is 1. The van der Waals surface area contributed by atoms with E-state index < -0.39 is 0 Å². The van der Waals surface area contributed by atoms with Crippen molar-refractivity contribution < 1.29 is 0 Å². The van der Waals surface area contributed by atoms with Crippen molar-refractivity contribution in [2.24, 2.45) is 5.10 Å². The molecule has 0 aliphatic heterocycles. The molecule has 4 nitrogen and oxygen atoms in total. The Kier molecular flexibility index (Phi) is 10.5. The number of benzene rings is 1. The first-order valence-corrected chi connectivity index (χ1v) is 8.65. The molecular weight excluding hydrogens is 283 g/mol. The maximum Gasteiger partial charge on any atom is 0.101 e. The second-order valence-corrected chi connectivity index (χ2v) is 5.78. The SMILES string of the molecule is BCCCCCCN/C=C\N(C)C/C=N/N(C)c1ccccc1. The lowest BCUT2D eigenvalue weighted by atomic mass is 9.99. The van der Waals surface area contributed by atoms with Crippen molar-refractivity contribution in [1.82, 2.24) is 10.2 Å². The zero-order valence-electron chi connectivity index (χ0n) is 14.9. The monoisotopic (exact) mass is 314 g/mol. The second kappa shape index (κ2) is 12.6. The van der Waals surface area contributed by atoms with Crippen LogP contribution in [0.1, 0.15) is 25.7 Å². The normalized spacial score (nSPS) is 11.2. The molecule has 0 radical (unpaired) electrons. The lowest BCUT2D eigenvalue weighted by Gasteiger charge is -2.14. The van der Waals surface area contributed by atoms with E-state index in [4.69, 9.17) is 0 Å². The van der Waals surface area contributed by atoms with Gasteiger partial charge in [0, 0.05) is 39.3 Å². The van der Waals surface area contributed by atoms with Crippen LogP contribution >= 0.6 is 0 Å². The third-order valence-corrected chi connectivity index (χ3v) is 3.63. The molecule has 0 aromatic heterocycles. The highest BCUT2D eigenvalue weighted by molar-refractivity contribution is 6.08. The summed E-state index contributed by atoms with van der Waals surface area (Å²) in [7, 11) is 6.26. The fourth-order valence-corrected chi connectivity index (χ4v) is 2.15. The third-order valence-electron chi connectivity index (χ3n) is 3.63. The van der Waals surface area contributed by atoms with Crippen LogP contribution in [0.15, 0.2) is 47.8 Å². The van der Waals surface area contributed by atoms with Crippen molar-refractivity contribution in [1.29, 1.82) is 0 Å². The summed E-state index contributed by atoms with van der Waals surface area (Å²) in [5.41, 5.74) is 1.09. The van der Waals surface area contributed by atoms with Crippen molar-refractivity contribution >= 4 is 19.7 Å². The Morgan fingerprint density at radius 1 is 1.09 bits per heavy atom. The Balaban J connectivity index is 2.12. The van der Waals surface area contributed by atoms with Crippen molar-refractivity contribution in [3.8, 4) is 0 Å². The smallest absolute Gasteiger partial charge is 0.101 e. The molecule has 1 rings (SSSR count). The van der Waals surface area contributed by atoms with E-state index in [1.807, 2.05) is 61.9 Å². The average molecular weight is 314 g/mol. The Bertz CT molecular complexity index is 448. The van der Waals surface area contributed by atoms with E-state index in [-0.39, 0.29) is 0 Å². The average Bonchev–Trinajstić information content (AvgIpc) is 2.58. The van der Waals surface area contributed by atoms with E-state index in [1.54, 1.807) is 0 Å². The zero-order chi connectivity index (χ0) is 16.8. The quantitative estimate of drug-likeness (QED) is 0.278. The van der Waals surface area contributed by atoms with E-state index in [2.05, 4.69) is 29.4 Å². The first kappa shape index (κ1) is 19.1. The molecule has 5 heteroatoms. The van der Waals surface area contributed by atoms with Gasteiger partial charge in [-0.25, -0.2) is 0 Å². The molecule has 0 amide bonds. The Morgan fingerprint density at radius 3 is 2.57 bits per heavy atom. The van der Waals surface area contributed by atoms with Gasteiger partial charge in [0.05, 0.1) is 12.2 Å². The molecule has 0 saturated carbocycles. The van der Waals surface area contributed by atoms with Crippen LogP contribution in [0.4, 0.5) is 5.69 Å². The Labute approximate surface area is 142 Å². The first-order valence-electron chi connectivity index (χ1n) is 8.65. The first-order chi connectivity index (χ1) is 11.2. The molecule has 0 aliphatic rings. The van der Waals surface area contributed by atoms with E-state index in [0.29, 0.717) is 0 Å². The standard InChI is InChI=1S/C18H31BN4/c1-22(16-14-20-13-9-4-3-8-12-19)17-15-21-23(2)18-10-6-5-7-11-18/h5-7,10-11,14-16,20H,3-4,8-9,12-13,17,19H2,1-2H3/b16-14-,21-15+. The summed E-state index contributed by atoms with van der Waals surface area (Å²) in [6, 6.07) is 10.1. The van der Waals surface area contributed by atoms with Gasteiger partial charge in [0.15, 0.2) is 0 Å². The van der Waals surface area contributed by atoms with Gasteiger partial charge in [-0.2, -0.15) is 5.10 Å². The van der Waals surface area contributed by atoms with Gasteiger partial charge in [0.25, 0.3) is 0 Å². The maximum atomic E-state index is 4.43. The van der Waals surface area contributed by atoms with Gasteiger partial charge < -0.3 is 10.2 Å². The summed E-state index contributed by atoms with van der Waals surface area (Å²) in [5.74, 6) is 0. The van der Waals surface area contributed by atoms with Gasteiger partial charge in [0.2, 0.25) is 0 Å². The van der Waals surface area contributed by atoms with Crippen LogP contribution in [0, 0.1) is 0 Å². The maximum absolute atomic E-state index is 4.43. The van der Waals surface area contributed by atoms with Gasteiger partial charge in [-0.15, -0.1) is 0 Å². The number of hydrogen-bond acceptors (Lipinski definition) is 4. The number of nitrogens with one attached hydrogen (secondary N) is 1. The van der Waals surface area contributed by atoms with Crippen molar-refractivity contribution in [2.75, 3.05) is 32.2 Å². The molecule has 0 aliphatic carbocycles. The molecule has 0 fully saturated rings. The highest BCUT2D eigenvalue weighted by atomic mass is 15.4. The van der Waals surface area contributed by atoms with Crippen LogP contribution < -0.4 is 10.3 Å². The van der Waals surface area contributed by atoms with Crippen LogP contribution in [-0.2, 0) is 0 Å². The van der Waals surface area contributed by atoms with Gasteiger partial charge in [0.1, 0.15) is 7.85 Å². The van der Waals surface area contributed by atoms with Gasteiger partial charge in [-0.3, -0.25) is 5.01 Å². The number of para-hydroxylation sites is 1. The fraction of sp³-hybridized carbons (Fsp3) is 0.500. The fourth-order valence-electron chi connectivity index (χ4n) is 2.15. The highest BCUT2D eigenvalue weighted by Crippen LogP contribution is 2.10. The van der Waals surface area contributed by atoms with Crippen LogP contribution in [0.25, 0.3) is 0 Å².